The summed E-state index contributed by atoms with van der Waals surface area (Å²) in [7, 11) is 0. The first-order valence-corrected chi connectivity index (χ1v) is 9.01. The molecule has 0 aliphatic carbocycles. The standard InChI is InChI=1S/C21H25N5O/c1-16-14-17(2)26(25-16)13-7-12-23-21(22)24-18-8-6-11-20(15-18)27-19-9-4-3-5-10-19/h3-6,8-11,14-15H,7,12-13H2,1-2H3,(H3,22,23,24). The van der Waals surface area contributed by atoms with Crippen LogP contribution < -0.4 is 15.8 Å². The molecular weight excluding hydrogens is 338 g/mol. The van der Waals surface area contributed by atoms with Gasteiger partial charge in [-0.3, -0.25) is 9.67 Å². The maximum atomic E-state index is 6.00. The van der Waals surface area contributed by atoms with Gasteiger partial charge in [0.1, 0.15) is 11.5 Å². The molecule has 2 aromatic carbocycles. The van der Waals surface area contributed by atoms with Gasteiger partial charge in [0.05, 0.1) is 5.69 Å². The minimum Gasteiger partial charge on any atom is -0.457 e. The second kappa shape index (κ2) is 8.89. The fourth-order valence-electron chi connectivity index (χ4n) is 2.77. The number of hydrogen-bond acceptors (Lipinski definition) is 3. The fraction of sp³-hybridized carbons (Fsp3) is 0.238. The number of aliphatic imine (C=N–C) groups is 1. The number of nitrogens with zero attached hydrogens (tertiary/aromatic N) is 3. The normalized spacial score (nSPS) is 11.4. The van der Waals surface area contributed by atoms with Gasteiger partial charge in [-0.1, -0.05) is 24.3 Å². The SMILES string of the molecule is Cc1cc(C)n(CCCN=C(N)Nc2cccc(Oc3ccccc3)c2)n1. The molecule has 1 aromatic heterocycles. The Morgan fingerprint density at radius 3 is 2.59 bits per heavy atom. The van der Waals surface area contributed by atoms with E-state index >= 15 is 0 Å². The maximum absolute atomic E-state index is 6.00. The topological polar surface area (TPSA) is 77.5 Å². The van der Waals surface area contributed by atoms with Gasteiger partial charge in [0.25, 0.3) is 0 Å². The lowest BCUT2D eigenvalue weighted by Crippen LogP contribution is -2.23. The molecule has 0 unspecified atom stereocenters. The molecule has 0 aliphatic rings. The van der Waals surface area contributed by atoms with Crippen molar-refractivity contribution in [2.75, 3.05) is 11.9 Å². The minimum absolute atomic E-state index is 0.389. The molecule has 0 fully saturated rings. The third kappa shape index (κ3) is 5.60. The Balaban J connectivity index is 1.51. The number of rotatable bonds is 7. The van der Waals surface area contributed by atoms with Gasteiger partial charge in [-0.05, 0) is 50.6 Å². The van der Waals surface area contributed by atoms with Gasteiger partial charge in [0.15, 0.2) is 5.96 Å². The van der Waals surface area contributed by atoms with Crippen molar-refractivity contribution >= 4 is 11.6 Å². The van der Waals surface area contributed by atoms with Gasteiger partial charge < -0.3 is 15.8 Å². The quantitative estimate of drug-likeness (QED) is 0.376. The highest BCUT2D eigenvalue weighted by Gasteiger charge is 2.02. The summed E-state index contributed by atoms with van der Waals surface area (Å²) in [6.07, 6.45) is 0.876. The molecule has 27 heavy (non-hydrogen) atoms. The molecular formula is C21H25N5O. The highest BCUT2D eigenvalue weighted by Crippen LogP contribution is 2.23. The first-order valence-electron chi connectivity index (χ1n) is 9.01. The summed E-state index contributed by atoms with van der Waals surface area (Å²) in [6.45, 7) is 5.52. The van der Waals surface area contributed by atoms with Crippen LogP contribution in [0.3, 0.4) is 0 Å². The molecule has 3 rings (SSSR count). The molecule has 140 valence electrons. The van der Waals surface area contributed by atoms with Crippen LogP contribution in [-0.2, 0) is 6.54 Å². The Bertz CT molecular complexity index is 902. The van der Waals surface area contributed by atoms with Crippen LogP contribution in [0.15, 0.2) is 65.7 Å². The second-order valence-corrected chi connectivity index (χ2v) is 6.34. The number of anilines is 1. The predicted octanol–water partition coefficient (Wildman–Crippen LogP) is 4.11. The number of ether oxygens (including phenoxy) is 1. The van der Waals surface area contributed by atoms with Crippen LogP contribution in [0.25, 0.3) is 0 Å². The molecule has 0 radical (unpaired) electrons. The van der Waals surface area contributed by atoms with Crippen molar-refractivity contribution in [3.8, 4) is 11.5 Å². The smallest absolute Gasteiger partial charge is 0.193 e. The van der Waals surface area contributed by atoms with E-state index in [1.807, 2.05) is 66.2 Å². The van der Waals surface area contributed by atoms with E-state index < -0.39 is 0 Å². The van der Waals surface area contributed by atoms with Gasteiger partial charge >= 0.3 is 0 Å². The van der Waals surface area contributed by atoms with Gasteiger partial charge in [-0.15, -0.1) is 0 Å². The summed E-state index contributed by atoms with van der Waals surface area (Å²) < 4.78 is 7.83. The Labute approximate surface area is 159 Å². The van der Waals surface area contributed by atoms with Crippen molar-refractivity contribution in [2.24, 2.45) is 10.7 Å². The number of nitrogens with one attached hydrogen (secondary N) is 1. The minimum atomic E-state index is 0.389. The molecule has 3 aromatic rings. The number of para-hydroxylation sites is 1. The van der Waals surface area contributed by atoms with E-state index in [-0.39, 0.29) is 0 Å². The van der Waals surface area contributed by atoms with Crippen LogP contribution in [-0.4, -0.2) is 22.3 Å². The highest BCUT2D eigenvalue weighted by atomic mass is 16.5. The van der Waals surface area contributed by atoms with Gasteiger partial charge in [0.2, 0.25) is 0 Å². The van der Waals surface area contributed by atoms with Crippen molar-refractivity contribution in [3.63, 3.8) is 0 Å². The largest absolute Gasteiger partial charge is 0.457 e. The van der Waals surface area contributed by atoms with E-state index in [9.17, 15) is 0 Å². The number of guanidine groups is 1. The van der Waals surface area contributed by atoms with Gasteiger partial charge in [0, 0.05) is 30.5 Å². The fourth-order valence-corrected chi connectivity index (χ4v) is 2.77. The average molecular weight is 363 g/mol. The van der Waals surface area contributed by atoms with Crippen molar-refractivity contribution in [1.82, 2.24) is 9.78 Å². The van der Waals surface area contributed by atoms with E-state index in [1.54, 1.807) is 0 Å². The molecule has 3 N–H and O–H groups in total. The van der Waals surface area contributed by atoms with Crippen molar-refractivity contribution in [1.29, 1.82) is 0 Å². The molecule has 6 heteroatoms. The number of nitrogens with two attached hydrogens (primary N) is 1. The third-order valence-electron chi connectivity index (χ3n) is 4.00. The Morgan fingerprint density at radius 2 is 1.85 bits per heavy atom. The molecule has 0 spiro atoms. The number of aromatic nitrogens is 2. The summed E-state index contributed by atoms with van der Waals surface area (Å²) in [5.74, 6) is 1.92. The van der Waals surface area contributed by atoms with E-state index in [2.05, 4.69) is 28.4 Å². The Hall–Kier alpha value is -3.28. The molecule has 0 saturated carbocycles. The molecule has 0 saturated heterocycles. The van der Waals surface area contributed by atoms with Crippen LogP contribution >= 0.6 is 0 Å². The van der Waals surface area contributed by atoms with Gasteiger partial charge in [-0.25, -0.2) is 0 Å². The molecule has 6 nitrogen and oxygen atoms in total. The zero-order valence-electron chi connectivity index (χ0n) is 15.7. The summed E-state index contributed by atoms with van der Waals surface area (Å²) in [4.78, 5) is 4.39. The monoisotopic (exact) mass is 363 g/mol. The number of aryl methyl sites for hydroxylation is 3. The third-order valence-corrected chi connectivity index (χ3v) is 4.00. The highest BCUT2D eigenvalue weighted by molar-refractivity contribution is 5.92. The van der Waals surface area contributed by atoms with Crippen molar-refractivity contribution in [2.45, 2.75) is 26.8 Å². The first-order chi connectivity index (χ1) is 13.1. The van der Waals surface area contributed by atoms with Crippen LogP contribution in [0.1, 0.15) is 17.8 Å². The first kappa shape index (κ1) is 18.5. The molecule has 0 atom stereocenters. The maximum Gasteiger partial charge on any atom is 0.193 e. The van der Waals surface area contributed by atoms with E-state index in [0.29, 0.717) is 12.5 Å². The predicted molar refractivity (Wildman–Crippen MR) is 109 cm³/mol. The molecule has 0 aliphatic heterocycles. The van der Waals surface area contributed by atoms with Crippen LogP contribution in [0, 0.1) is 13.8 Å². The van der Waals surface area contributed by atoms with Crippen LogP contribution in [0.5, 0.6) is 11.5 Å². The van der Waals surface area contributed by atoms with Crippen molar-refractivity contribution < 1.29 is 4.74 Å². The summed E-state index contributed by atoms with van der Waals surface area (Å²) in [5.41, 5.74) is 9.04. The Morgan fingerprint density at radius 1 is 1.07 bits per heavy atom. The van der Waals surface area contributed by atoms with Crippen LogP contribution in [0.4, 0.5) is 5.69 Å². The zero-order chi connectivity index (χ0) is 19.1. The van der Waals surface area contributed by atoms with E-state index in [0.717, 1.165) is 41.5 Å². The molecule has 1 heterocycles. The van der Waals surface area contributed by atoms with E-state index in [1.165, 1.54) is 0 Å². The van der Waals surface area contributed by atoms with Crippen LogP contribution in [0.2, 0.25) is 0 Å². The van der Waals surface area contributed by atoms with Gasteiger partial charge in [-0.2, -0.15) is 5.10 Å². The lowest BCUT2D eigenvalue weighted by molar-refractivity contribution is 0.483. The lowest BCUT2D eigenvalue weighted by atomic mass is 10.3. The number of hydrogen-bond donors (Lipinski definition) is 2. The summed E-state index contributed by atoms with van der Waals surface area (Å²) in [6, 6.07) is 19.4. The molecule has 0 bridgehead atoms. The average Bonchev–Trinajstić information content (AvgIpc) is 2.97. The second-order valence-electron chi connectivity index (χ2n) is 6.34. The summed E-state index contributed by atoms with van der Waals surface area (Å²) >= 11 is 0. The lowest BCUT2D eigenvalue weighted by Gasteiger charge is -2.09. The zero-order valence-corrected chi connectivity index (χ0v) is 15.7. The summed E-state index contributed by atoms with van der Waals surface area (Å²) in [5, 5.41) is 7.55. The van der Waals surface area contributed by atoms with E-state index in [4.69, 9.17) is 10.5 Å². The number of benzene rings is 2. The Kier molecular flexibility index (Phi) is 6.10. The van der Waals surface area contributed by atoms with Crippen molar-refractivity contribution in [3.05, 3.63) is 72.1 Å². The molecule has 0 amide bonds.